The molecule has 0 bridgehead atoms. The van der Waals surface area contributed by atoms with E-state index in [0.29, 0.717) is 26.1 Å². The van der Waals surface area contributed by atoms with Gasteiger partial charge in [-0.2, -0.15) is 13.2 Å². The first-order valence-corrected chi connectivity index (χ1v) is 12.2. The second kappa shape index (κ2) is 8.82. The largest absolute Gasteiger partial charge is 0.416 e. The minimum absolute atomic E-state index is 0.325. The topological polar surface area (TPSA) is 46.9 Å². The second-order valence-electron chi connectivity index (χ2n) is 10.6. The highest BCUT2D eigenvalue weighted by atomic mass is 19.4. The van der Waals surface area contributed by atoms with Crippen LogP contribution in [0.5, 0.6) is 0 Å². The molecule has 190 valence electrons. The Morgan fingerprint density at radius 3 is 2.36 bits per heavy atom. The average molecular weight is 497 g/mol. The fourth-order valence-electron chi connectivity index (χ4n) is 5.74. The number of rotatable bonds is 6. The van der Waals surface area contributed by atoms with Gasteiger partial charge in [0.25, 0.3) is 0 Å². The number of halogens is 3. The SMILES string of the molecule is Cc1cccc(C2(Cc3cccc(N4CC(C)(O)C4)c3)CN(C[C@@H](O)C(F)(F)F)c3ccccc32)c1. The van der Waals surface area contributed by atoms with Crippen LogP contribution >= 0.6 is 0 Å². The second-order valence-corrected chi connectivity index (χ2v) is 10.6. The number of nitrogens with zero attached hydrogens (tertiary/aromatic N) is 2. The van der Waals surface area contributed by atoms with E-state index in [-0.39, 0.29) is 0 Å². The number of aliphatic hydroxyl groups is 2. The Morgan fingerprint density at radius 1 is 0.944 bits per heavy atom. The van der Waals surface area contributed by atoms with Crippen LogP contribution in [0.25, 0.3) is 0 Å². The lowest BCUT2D eigenvalue weighted by atomic mass is 9.71. The smallest absolute Gasteiger partial charge is 0.386 e. The minimum Gasteiger partial charge on any atom is -0.386 e. The molecule has 0 amide bonds. The molecule has 5 rings (SSSR count). The number of para-hydroxylation sites is 1. The van der Waals surface area contributed by atoms with Crippen molar-refractivity contribution in [1.82, 2.24) is 0 Å². The summed E-state index contributed by atoms with van der Waals surface area (Å²) in [5, 5.41) is 20.1. The third-order valence-corrected chi connectivity index (χ3v) is 7.41. The number of aliphatic hydroxyl groups excluding tert-OH is 1. The molecule has 0 aliphatic carbocycles. The summed E-state index contributed by atoms with van der Waals surface area (Å²) < 4.78 is 39.9. The van der Waals surface area contributed by atoms with Crippen LogP contribution in [0.2, 0.25) is 0 Å². The Bertz CT molecular complexity index is 1250. The number of benzene rings is 3. The van der Waals surface area contributed by atoms with Gasteiger partial charge in [0.2, 0.25) is 0 Å². The van der Waals surface area contributed by atoms with Crippen molar-refractivity contribution in [1.29, 1.82) is 0 Å². The van der Waals surface area contributed by atoms with Crippen LogP contribution in [0.1, 0.15) is 29.2 Å². The number of aryl methyl sites for hydroxylation is 1. The number of fused-ring (bicyclic) bond motifs is 1. The van der Waals surface area contributed by atoms with Gasteiger partial charge >= 0.3 is 6.18 Å². The van der Waals surface area contributed by atoms with Crippen molar-refractivity contribution in [3.05, 3.63) is 95.1 Å². The van der Waals surface area contributed by atoms with Gasteiger partial charge in [0, 0.05) is 36.4 Å². The maximum atomic E-state index is 13.3. The van der Waals surface area contributed by atoms with E-state index in [4.69, 9.17) is 0 Å². The van der Waals surface area contributed by atoms with Crippen LogP contribution in [-0.4, -0.2) is 54.3 Å². The van der Waals surface area contributed by atoms with Crippen LogP contribution in [0.4, 0.5) is 24.5 Å². The zero-order valence-corrected chi connectivity index (χ0v) is 20.5. The quantitative estimate of drug-likeness (QED) is 0.513. The standard InChI is InChI=1S/C29H31F3N2O2/c1-20-7-5-9-22(13-20)28(15-21-8-6-10-23(14-21)34-17-27(2,36)18-34)19-33(16-26(35)29(30,31)32)25-12-4-3-11-24(25)28/h3-14,26,35-36H,15-19H2,1-2H3/t26-,28?/m1/s1. The summed E-state index contributed by atoms with van der Waals surface area (Å²) in [4.78, 5) is 3.80. The third-order valence-electron chi connectivity index (χ3n) is 7.41. The van der Waals surface area contributed by atoms with Crippen molar-refractivity contribution in [3.63, 3.8) is 0 Å². The van der Waals surface area contributed by atoms with Gasteiger partial charge in [-0.3, -0.25) is 0 Å². The van der Waals surface area contributed by atoms with Crippen molar-refractivity contribution in [2.75, 3.05) is 36.0 Å². The summed E-state index contributed by atoms with van der Waals surface area (Å²) in [6.07, 6.45) is -6.53. The number of alkyl halides is 3. The zero-order valence-electron chi connectivity index (χ0n) is 20.5. The van der Waals surface area contributed by atoms with Crippen LogP contribution in [0.15, 0.2) is 72.8 Å². The van der Waals surface area contributed by atoms with Gasteiger partial charge < -0.3 is 20.0 Å². The van der Waals surface area contributed by atoms with Crippen LogP contribution < -0.4 is 9.80 Å². The molecule has 2 atom stereocenters. The molecule has 1 fully saturated rings. The normalized spacial score (nSPS) is 21.8. The Morgan fingerprint density at radius 2 is 1.67 bits per heavy atom. The Labute approximate surface area is 209 Å². The molecule has 0 aromatic heterocycles. The van der Waals surface area contributed by atoms with Crippen molar-refractivity contribution in [2.24, 2.45) is 0 Å². The van der Waals surface area contributed by atoms with E-state index in [1.54, 1.807) is 4.90 Å². The lowest BCUT2D eigenvalue weighted by Crippen LogP contribution is -2.60. The van der Waals surface area contributed by atoms with Crippen LogP contribution in [0.3, 0.4) is 0 Å². The van der Waals surface area contributed by atoms with Crippen LogP contribution in [-0.2, 0) is 11.8 Å². The Kier molecular flexibility index (Phi) is 6.04. The van der Waals surface area contributed by atoms with Crippen molar-refractivity contribution >= 4 is 11.4 Å². The molecule has 0 radical (unpaired) electrons. The summed E-state index contributed by atoms with van der Waals surface area (Å²) in [7, 11) is 0. The zero-order chi connectivity index (χ0) is 25.7. The van der Waals surface area contributed by atoms with Crippen molar-refractivity contribution < 1.29 is 23.4 Å². The first kappa shape index (κ1) is 24.7. The summed E-state index contributed by atoms with van der Waals surface area (Å²) in [5.74, 6) is 0. The molecule has 2 aliphatic heterocycles. The number of anilines is 2. The highest BCUT2D eigenvalue weighted by Crippen LogP contribution is 2.48. The molecule has 7 heteroatoms. The maximum absolute atomic E-state index is 13.3. The van der Waals surface area contributed by atoms with Crippen molar-refractivity contribution in [2.45, 2.75) is 43.6 Å². The number of hydrogen-bond donors (Lipinski definition) is 2. The van der Waals surface area contributed by atoms with E-state index in [0.717, 1.165) is 33.6 Å². The molecule has 0 spiro atoms. The summed E-state index contributed by atoms with van der Waals surface area (Å²) in [6.45, 7) is 4.76. The van der Waals surface area contributed by atoms with E-state index in [2.05, 4.69) is 23.1 Å². The van der Waals surface area contributed by atoms with Gasteiger partial charge in [-0.05, 0) is 55.2 Å². The monoisotopic (exact) mass is 496 g/mol. The van der Waals surface area contributed by atoms with Gasteiger partial charge in [-0.25, -0.2) is 0 Å². The van der Waals surface area contributed by atoms with E-state index in [1.807, 2.05) is 68.4 Å². The average Bonchev–Trinajstić information content (AvgIpc) is 3.11. The van der Waals surface area contributed by atoms with E-state index >= 15 is 0 Å². The fraction of sp³-hybridized carbons (Fsp3) is 0.379. The minimum atomic E-state index is -4.68. The predicted molar refractivity (Wildman–Crippen MR) is 136 cm³/mol. The summed E-state index contributed by atoms with van der Waals surface area (Å²) in [6, 6.07) is 23.9. The molecule has 1 saturated heterocycles. The van der Waals surface area contributed by atoms with E-state index in [9.17, 15) is 23.4 Å². The molecule has 0 saturated carbocycles. The van der Waals surface area contributed by atoms with Crippen molar-refractivity contribution in [3.8, 4) is 0 Å². The molecule has 3 aromatic rings. The molecular weight excluding hydrogens is 465 g/mol. The molecular formula is C29H31F3N2O2. The third kappa shape index (κ3) is 4.58. The molecule has 36 heavy (non-hydrogen) atoms. The first-order chi connectivity index (χ1) is 17.0. The predicted octanol–water partition coefficient (Wildman–Crippen LogP) is 4.84. The fourth-order valence-corrected chi connectivity index (χ4v) is 5.74. The lowest BCUT2D eigenvalue weighted by Gasteiger charge is -2.46. The Balaban J connectivity index is 1.56. The highest BCUT2D eigenvalue weighted by Gasteiger charge is 2.47. The van der Waals surface area contributed by atoms with Gasteiger partial charge in [-0.1, -0.05) is 60.2 Å². The summed E-state index contributed by atoms with van der Waals surface area (Å²) in [5.41, 5.74) is 4.60. The maximum Gasteiger partial charge on any atom is 0.416 e. The van der Waals surface area contributed by atoms with E-state index in [1.165, 1.54) is 0 Å². The molecule has 2 N–H and O–H groups in total. The van der Waals surface area contributed by atoms with Crippen LogP contribution in [0, 0.1) is 6.92 Å². The van der Waals surface area contributed by atoms with Gasteiger partial charge in [-0.15, -0.1) is 0 Å². The number of β-amino-alcohol motifs (C(OH)–C–C–N with tert-alkyl or cyclic N) is 2. The first-order valence-electron chi connectivity index (χ1n) is 12.2. The highest BCUT2D eigenvalue weighted by molar-refractivity contribution is 5.67. The molecule has 3 aromatic carbocycles. The van der Waals surface area contributed by atoms with Gasteiger partial charge in [0.05, 0.1) is 12.1 Å². The van der Waals surface area contributed by atoms with E-state index < -0.39 is 29.8 Å². The number of hydrogen-bond acceptors (Lipinski definition) is 4. The Hall–Kier alpha value is -3.03. The molecule has 1 unspecified atom stereocenters. The molecule has 2 heterocycles. The lowest BCUT2D eigenvalue weighted by molar-refractivity contribution is -0.200. The molecule has 2 aliphatic rings. The van der Waals surface area contributed by atoms with Gasteiger partial charge in [0.15, 0.2) is 6.10 Å². The van der Waals surface area contributed by atoms with Gasteiger partial charge in [0.1, 0.15) is 0 Å². The summed E-state index contributed by atoms with van der Waals surface area (Å²) >= 11 is 0. The molecule has 4 nitrogen and oxygen atoms in total.